The van der Waals surface area contributed by atoms with Gasteiger partial charge >= 0.3 is 0 Å². The highest BCUT2D eigenvalue weighted by molar-refractivity contribution is 5.94. The van der Waals surface area contributed by atoms with Gasteiger partial charge in [-0.2, -0.15) is 4.98 Å². The van der Waals surface area contributed by atoms with Gasteiger partial charge in [0.2, 0.25) is 11.8 Å². The van der Waals surface area contributed by atoms with Gasteiger partial charge in [-0.05, 0) is 36.2 Å². The molecule has 8 nitrogen and oxygen atoms in total. The van der Waals surface area contributed by atoms with Gasteiger partial charge in [-0.1, -0.05) is 31.1 Å². The Balaban J connectivity index is 1.40. The molecule has 0 bridgehead atoms. The van der Waals surface area contributed by atoms with Crippen molar-refractivity contribution in [1.82, 2.24) is 20.8 Å². The van der Waals surface area contributed by atoms with Crippen LogP contribution in [0.3, 0.4) is 0 Å². The first kappa shape index (κ1) is 21.3. The highest BCUT2D eigenvalue weighted by Gasteiger charge is 2.11. The number of aromatic nitrogens is 2. The number of rotatable bonds is 10. The van der Waals surface area contributed by atoms with Crippen LogP contribution in [-0.2, 0) is 24.3 Å². The fourth-order valence-corrected chi connectivity index (χ4v) is 2.80. The summed E-state index contributed by atoms with van der Waals surface area (Å²) in [6, 6.07) is 10.7. The Morgan fingerprint density at radius 3 is 2.70 bits per heavy atom. The van der Waals surface area contributed by atoms with Crippen molar-refractivity contribution in [3.63, 3.8) is 0 Å². The predicted octanol–water partition coefficient (Wildman–Crippen LogP) is 3.36. The van der Waals surface area contributed by atoms with Gasteiger partial charge in [0, 0.05) is 30.9 Å². The van der Waals surface area contributed by atoms with Crippen LogP contribution >= 0.6 is 0 Å². The predicted molar refractivity (Wildman–Crippen MR) is 109 cm³/mol. The molecular weight excluding hydrogens is 384 g/mol. The summed E-state index contributed by atoms with van der Waals surface area (Å²) in [6.07, 6.45) is 3.12. The lowest BCUT2D eigenvalue weighted by atomic mass is 10.1. The Labute approximate surface area is 175 Å². The number of furan rings is 1. The van der Waals surface area contributed by atoms with E-state index in [0.717, 1.165) is 5.56 Å². The van der Waals surface area contributed by atoms with E-state index in [4.69, 9.17) is 8.94 Å². The van der Waals surface area contributed by atoms with Crippen molar-refractivity contribution in [2.45, 2.75) is 52.1 Å². The second kappa shape index (κ2) is 10.4. The maximum atomic E-state index is 12.3. The molecule has 0 aliphatic heterocycles. The Morgan fingerprint density at radius 2 is 1.97 bits per heavy atom. The van der Waals surface area contributed by atoms with Gasteiger partial charge in [0.1, 0.15) is 5.76 Å². The number of amides is 2. The van der Waals surface area contributed by atoms with Crippen LogP contribution in [0.2, 0.25) is 0 Å². The number of carbonyl (C=O) groups is 2. The number of hydrogen-bond donors (Lipinski definition) is 2. The molecule has 158 valence electrons. The monoisotopic (exact) mass is 410 g/mol. The van der Waals surface area contributed by atoms with E-state index in [1.807, 2.05) is 19.9 Å². The SMILES string of the molecule is CC(C)c1noc(CCCC(=O)NCc2cccc(C(=O)NCc3ccco3)c2)n1. The number of nitrogens with zero attached hydrogens (tertiary/aromatic N) is 2. The van der Waals surface area contributed by atoms with Gasteiger partial charge in [-0.15, -0.1) is 0 Å². The fraction of sp³-hybridized carbons (Fsp3) is 0.364. The van der Waals surface area contributed by atoms with Crippen LogP contribution in [0.15, 0.2) is 51.6 Å². The summed E-state index contributed by atoms with van der Waals surface area (Å²) in [4.78, 5) is 28.7. The molecule has 30 heavy (non-hydrogen) atoms. The van der Waals surface area contributed by atoms with E-state index < -0.39 is 0 Å². The molecule has 2 amide bonds. The van der Waals surface area contributed by atoms with Crippen molar-refractivity contribution in [3.8, 4) is 0 Å². The molecule has 2 N–H and O–H groups in total. The maximum Gasteiger partial charge on any atom is 0.251 e. The highest BCUT2D eigenvalue weighted by Crippen LogP contribution is 2.11. The topological polar surface area (TPSA) is 110 Å². The standard InChI is InChI=1S/C22H26N4O4/c1-15(2)21-25-20(30-26-21)10-4-9-19(27)23-13-16-6-3-7-17(12-16)22(28)24-14-18-8-5-11-29-18/h3,5-8,11-12,15H,4,9-10,13-14H2,1-2H3,(H,23,27)(H,24,28). The van der Waals surface area contributed by atoms with E-state index in [0.29, 0.717) is 55.4 Å². The first-order valence-corrected chi connectivity index (χ1v) is 10.00. The van der Waals surface area contributed by atoms with Gasteiger partial charge in [-0.3, -0.25) is 9.59 Å². The lowest BCUT2D eigenvalue weighted by Gasteiger charge is -2.08. The molecule has 1 aromatic carbocycles. The third-order valence-electron chi connectivity index (χ3n) is 4.48. The molecule has 3 aromatic rings. The molecule has 2 heterocycles. The van der Waals surface area contributed by atoms with E-state index in [2.05, 4.69) is 20.8 Å². The minimum absolute atomic E-state index is 0.0636. The number of nitrogens with one attached hydrogen (secondary N) is 2. The molecule has 0 saturated carbocycles. The largest absolute Gasteiger partial charge is 0.467 e. The maximum absolute atomic E-state index is 12.3. The van der Waals surface area contributed by atoms with Crippen molar-refractivity contribution in [2.75, 3.05) is 0 Å². The Bertz CT molecular complexity index is 963. The van der Waals surface area contributed by atoms with Crippen molar-refractivity contribution in [2.24, 2.45) is 0 Å². The zero-order valence-corrected chi connectivity index (χ0v) is 17.2. The van der Waals surface area contributed by atoms with Crippen LogP contribution in [-0.4, -0.2) is 22.0 Å². The zero-order valence-electron chi connectivity index (χ0n) is 17.2. The van der Waals surface area contributed by atoms with Crippen LogP contribution in [0.4, 0.5) is 0 Å². The highest BCUT2D eigenvalue weighted by atomic mass is 16.5. The second-order valence-electron chi connectivity index (χ2n) is 7.29. The third kappa shape index (κ3) is 6.30. The van der Waals surface area contributed by atoms with Crippen molar-refractivity contribution in [1.29, 1.82) is 0 Å². The van der Waals surface area contributed by atoms with E-state index in [9.17, 15) is 9.59 Å². The molecule has 0 atom stereocenters. The Kier molecular flexibility index (Phi) is 7.37. The average molecular weight is 410 g/mol. The number of carbonyl (C=O) groups excluding carboxylic acids is 2. The number of benzene rings is 1. The van der Waals surface area contributed by atoms with E-state index >= 15 is 0 Å². The molecule has 0 aliphatic rings. The Hall–Kier alpha value is -3.42. The summed E-state index contributed by atoms with van der Waals surface area (Å²) in [5.74, 6) is 1.88. The molecule has 0 unspecified atom stereocenters. The summed E-state index contributed by atoms with van der Waals surface area (Å²) >= 11 is 0. The molecule has 0 fully saturated rings. The molecule has 8 heteroatoms. The lowest BCUT2D eigenvalue weighted by molar-refractivity contribution is -0.121. The molecular formula is C22H26N4O4. The van der Waals surface area contributed by atoms with E-state index in [-0.39, 0.29) is 17.7 Å². The quantitative estimate of drug-likeness (QED) is 0.530. The summed E-state index contributed by atoms with van der Waals surface area (Å²) in [7, 11) is 0. The van der Waals surface area contributed by atoms with Gasteiger partial charge in [0.05, 0.1) is 12.8 Å². The minimum atomic E-state index is -0.195. The number of hydrogen-bond acceptors (Lipinski definition) is 6. The van der Waals surface area contributed by atoms with Crippen molar-refractivity contribution in [3.05, 3.63) is 71.3 Å². The summed E-state index contributed by atoms with van der Waals surface area (Å²) < 4.78 is 10.4. The second-order valence-corrected chi connectivity index (χ2v) is 7.29. The van der Waals surface area contributed by atoms with Gasteiger partial charge in [-0.25, -0.2) is 0 Å². The minimum Gasteiger partial charge on any atom is -0.467 e. The van der Waals surface area contributed by atoms with Gasteiger partial charge in [0.15, 0.2) is 5.82 Å². The van der Waals surface area contributed by atoms with Crippen LogP contribution in [0, 0.1) is 0 Å². The third-order valence-corrected chi connectivity index (χ3v) is 4.48. The normalized spacial score (nSPS) is 10.9. The van der Waals surface area contributed by atoms with E-state index in [1.54, 1.807) is 36.6 Å². The molecule has 0 radical (unpaired) electrons. The van der Waals surface area contributed by atoms with Crippen LogP contribution < -0.4 is 10.6 Å². The van der Waals surface area contributed by atoms with Gasteiger partial charge in [0.25, 0.3) is 5.91 Å². The van der Waals surface area contributed by atoms with Gasteiger partial charge < -0.3 is 19.6 Å². The van der Waals surface area contributed by atoms with Crippen molar-refractivity contribution < 1.29 is 18.5 Å². The molecule has 0 saturated heterocycles. The Morgan fingerprint density at radius 1 is 1.10 bits per heavy atom. The van der Waals surface area contributed by atoms with Crippen LogP contribution in [0.25, 0.3) is 0 Å². The van der Waals surface area contributed by atoms with Crippen LogP contribution in [0.5, 0.6) is 0 Å². The summed E-state index contributed by atoms with van der Waals surface area (Å²) in [5.41, 5.74) is 1.39. The molecule has 3 rings (SSSR count). The smallest absolute Gasteiger partial charge is 0.251 e. The lowest BCUT2D eigenvalue weighted by Crippen LogP contribution is -2.24. The summed E-state index contributed by atoms with van der Waals surface area (Å²) in [5, 5.41) is 9.60. The van der Waals surface area contributed by atoms with E-state index in [1.165, 1.54) is 0 Å². The number of aryl methyl sites for hydroxylation is 1. The van der Waals surface area contributed by atoms with Crippen LogP contribution in [0.1, 0.15) is 66.0 Å². The van der Waals surface area contributed by atoms with Crippen molar-refractivity contribution >= 4 is 11.8 Å². The first-order chi connectivity index (χ1) is 14.5. The fourth-order valence-electron chi connectivity index (χ4n) is 2.80. The zero-order chi connectivity index (χ0) is 21.3. The molecule has 0 spiro atoms. The first-order valence-electron chi connectivity index (χ1n) is 10.00. The average Bonchev–Trinajstić information content (AvgIpc) is 3.43. The summed E-state index contributed by atoms with van der Waals surface area (Å²) in [6.45, 7) is 4.68. The molecule has 0 aliphatic carbocycles. The molecule has 2 aromatic heterocycles.